The second-order valence-corrected chi connectivity index (χ2v) is 6.37. The number of furan rings is 1. The molecule has 0 radical (unpaired) electrons. The van der Waals surface area contributed by atoms with E-state index in [9.17, 15) is 4.39 Å². The fourth-order valence-corrected chi connectivity index (χ4v) is 3.52. The number of hydrogen-bond donors (Lipinski definition) is 0. The molecule has 0 aliphatic carbocycles. The van der Waals surface area contributed by atoms with Gasteiger partial charge in [-0.2, -0.15) is 0 Å². The maximum absolute atomic E-state index is 13.5. The molecule has 0 saturated heterocycles. The Bertz CT molecular complexity index is 1160. The molecule has 5 heteroatoms. The summed E-state index contributed by atoms with van der Waals surface area (Å²) < 4.78 is 21.5. The van der Waals surface area contributed by atoms with Crippen molar-refractivity contribution in [3.63, 3.8) is 0 Å². The number of aliphatic imine (C=N–C) groups is 1. The van der Waals surface area contributed by atoms with Gasteiger partial charge < -0.3 is 8.98 Å². The van der Waals surface area contributed by atoms with E-state index in [0.29, 0.717) is 22.9 Å². The molecule has 0 amide bonds. The third-order valence-corrected chi connectivity index (χ3v) is 4.81. The maximum atomic E-state index is 13.5. The average Bonchev–Trinajstić information content (AvgIpc) is 3.20. The van der Waals surface area contributed by atoms with Crippen LogP contribution in [0.25, 0.3) is 16.7 Å². The van der Waals surface area contributed by atoms with E-state index in [4.69, 9.17) is 21.0 Å². The second-order valence-electron chi connectivity index (χ2n) is 5.96. The molecule has 122 valence electrons. The minimum absolute atomic E-state index is 0.287. The molecule has 2 aromatic heterocycles. The second kappa shape index (κ2) is 5.33. The van der Waals surface area contributed by atoms with E-state index >= 15 is 0 Å². The molecule has 5 rings (SSSR count). The third-order valence-electron chi connectivity index (χ3n) is 4.45. The fourth-order valence-electron chi connectivity index (χ4n) is 3.29. The first-order chi connectivity index (χ1) is 12.2. The molecule has 0 saturated carbocycles. The van der Waals surface area contributed by atoms with Crippen LogP contribution in [-0.4, -0.2) is 10.3 Å². The fraction of sp³-hybridized carbons (Fsp3) is 0.0500. The Kier molecular flexibility index (Phi) is 3.09. The molecule has 3 nitrogen and oxygen atoms in total. The van der Waals surface area contributed by atoms with Gasteiger partial charge in [-0.25, -0.2) is 4.39 Å². The van der Waals surface area contributed by atoms with Gasteiger partial charge in [0, 0.05) is 22.2 Å². The lowest BCUT2D eigenvalue weighted by Gasteiger charge is -2.10. The number of rotatable bonds is 1. The summed E-state index contributed by atoms with van der Waals surface area (Å²) in [7, 11) is 0. The maximum Gasteiger partial charge on any atom is 0.155 e. The van der Waals surface area contributed by atoms with Gasteiger partial charge in [0.1, 0.15) is 17.1 Å². The number of nitrogens with zero attached hydrogens (tertiary/aromatic N) is 2. The zero-order chi connectivity index (χ0) is 17.0. The van der Waals surface area contributed by atoms with E-state index in [-0.39, 0.29) is 5.82 Å². The van der Waals surface area contributed by atoms with Crippen LogP contribution in [0.1, 0.15) is 17.0 Å². The Hall–Kier alpha value is -2.85. The first-order valence-electron chi connectivity index (χ1n) is 7.90. The number of aromatic nitrogens is 1. The molecule has 0 spiro atoms. The summed E-state index contributed by atoms with van der Waals surface area (Å²) in [5.74, 6) is 0.328. The molecule has 0 unspecified atom stereocenters. The van der Waals surface area contributed by atoms with Gasteiger partial charge in [-0.3, -0.25) is 4.99 Å². The molecule has 2 aromatic carbocycles. The number of benzene rings is 2. The monoisotopic (exact) mass is 350 g/mol. The zero-order valence-electron chi connectivity index (χ0n) is 13.0. The quantitative estimate of drug-likeness (QED) is 0.454. The standard InChI is InChI=1S/C20H12ClFN2O/c21-15-3-1-4-16-14(15)11-23-20(17-5-2-8-24(16)17)19-10-12-9-13(22)6-7-18(12)25-19/h1-10H,11H2. The van der Waals surface area contributed by atoms with E-state index < -0.39 is 0 Å². The van der Waals surface area contributed by atoms with Crippen LogP contribution in [0.15, 0.2) is 70.2 Å². The first-order valence-corrected chi connectivity index (χ1v) is 8.28. The topological polar surface area (TPSA) is 30.4 Å². The first kappa shape index (κ1) is 14.5. The zero-order valence-corrected chi connectivity index (χ0v) is 13.8. The van der Waals surface area contributed by atoms with Gasteiger partial charge in [0.2, 0.25) is 0 Å². The van der Waals surface area contributed by atoms with Gasteiger partial charge in [0.15, 0.2) is 5.76 Å². The van der Waals surface area contributed by atoms with Crippen molar-refractivity contribution in [2.45, 2.75) is 6.54 Å². The van der Waals surface area contributed by atoms with Crippen molar-refractivity contribution < 1.29 is 8.81 Å². The summed E-state index contributed by atoms with van der Waals surface area (Å²) in [5.41, 5.74) is 4.26. The molecular weight excluding hydrogens is 339 g/mol. The Balaban J connectivity index is 1.73. The van der Waals surface area contributed by atoms with Gasteiger partial charge in [0.25, 0.3) is 0 Å². The largest absolute Gasteiger partial charge is 0.454 e. The highest BCUT2D eigenvalue weighted by Gasteiger charge is 2.22. The van der Waals surface area contributed by atoms with Gasteiger partial charge in [0.05, 0.1) is 17.9 Å². The molecule has 3 heterocycles. The van der Waals surface area contributed by atoms with Crippen molar-refractivity contribution in [3.8, 4) is 5.69 Å². The number of hydrogen-bond acceptors (Lipinski definition) is 2. The van der Waals surface area contributed by atoms with Crippen LogP contribution in [0.2, 0.25) is 5.02 Å². The van der Waals surface area contributed by atoms with Crippen LogP contribution in [0.5, 0.6) is 0 Å². The van der Waals surface area contributed by atoms with E-state index in [1.54, 1.807) is 6.07 Å². The van der Waals surface area contributed by atoms with Crippen LogP contribution >= 0.6 is 11.6 Å². The summed E-state index contributed by atoms with van der Waals surface area (Å²) in [4.78, 5) is 4.75. The predicted octanol–water partition coefficient (Wildman–Crippen LogP) is 5.37. The number of halogens is 2. The molecular formula is C20H12ClFN2O. The molecule has 4 aromatic rings. The van der Waals surface area contributed by atoms with Crippen molar-refractivity contribution in [1.29, 1.82) is 0 Å². The van der Waals surface area contributed by atoms with Gasteiger partial charge in [-0.15, -0.1) is 0 Å². The summed E-state index contributed by atoms with van der Waals surface area (Å²) in [6, 6.07) is 16.1. The van der Waals surface area contributed by atoms with E-state index in [2.05, 4.69) is 4.57 Å². The third kappa shape index (κ3) is 2.22. The Morgan fingerprint density at radius 2 is 2.00 bits per heavy atom. The molecule has 0 N–H and O–H groups in total. The molecule has 1 aliphatic rings. The smallest absolute Gasteiger partial charge is 0.155 e. The summed E-state index contributed by atoms with van der Waals surface area (Å²) in [5, 5.41) is 1.41. The lowest BCUT2D eigenvalue weighted by atomic mass is 10.1. The summed E-state index contributed by atoms with van der Waals surface area (Å²) in [6.07, 6.45) is 1.98. The summed E-state index contributed by atoms with van der Waals surface area (Å²) >= 11 is 6.38. The van der Waals surface area contributed by atoms with E-state index in [1.165, 1.54) is 12.1 Å². The van der Waals surface area contributed by atoms with Crippen molar-refractivity contribution in [3.05, 3.63) is 88.7 Å². The minimum Gasteiger partial charge on any atom is -0.454 e. The minimum atomic E-state index is -0.287. The van der Waals surface area contributed by atoms with Crippen molar-refractivity contribution >= 4 is 28.3 Å². The predicted molar refractivity (Wildman–Crippen MR) is 96.3 cm³/mol. The molecule has 0 atom stereocenters. The Morgan fingerprint density at radius 1 is 1.08 bits per heavy atom. The lowest BCUT2D eigenvalue weighted by Crippen LogP contribution is -2.07. The molecule has 0 bridgehead atoms. The van der Waals surface area contributed by atoms with E-state index in [0.717, 1.165) is 28.0 Å². The number of fused-ring (bicyclic) bond motifs is 4. The normalized spacial score (nSPS) is 13.3. The lowest BCUT2D eigenvalue weighted by molar-refractivity contribution is 0.600. The van der Waals surface area contributed by atoms with Crippen LogP contribution < -0.4 is 0 Å². The average molecular weight is 351 g/mol. The Labute approximate surface area is 148 Å². The van der Waals surface area contributed by atoms with Crippen LogP contribution in [0.4, 0.5) is 4.39 Å². The van der Waals surface area contributed by atoms with Crippen molar-refractivity contribution in [2.75, 3.05) is 0 Å². The molecule has 0 fully saturated rings. The SMILES string of the molecule is Fc1ccc2oc(C3=NCc4c(Cl)cccc4-n4cccc43)cc2c1. The molecule has 1 aliphatic heterocycles. The van der Waals surface area contributed by atoms with Crippen molar-refractivity contribution in [1.82, 2.24) is 4.57 Å². The van der Waals surface area contributed by atoms with Gasteiger partial charge in [-0.05, 0) is 48.5 Å². The highest BCUT2D eigenvalue weighted by atomic mass is 35.5. The highest BCUT2D eigenvalue weighted by molar-refractivity contribution is 6.31. The van der Waals surface area contributed by atoms with Crippen molar-refractivity contribution in [2.24, 2.45) is 4.99 Å². The highest BCUT2D eigenvalue weighted by Crippen LogP contribution is 2.31. The van der Waals surface area contributed by atoms with E-state index in [1.807, 2.05) is 42.6 Å². The van der Waals surface area contributed by atoms with Crippen LogP contribution in [0.3, 0.4) is 0 Å². The summed E-state index contributed by atoms with van der Waals surface area (Å²) in [6.45, 7) is 0.456. The molecule has 25 heavy (non-hydrogen) atoms. The van der Waals surface area contributed by atoms with Crippen LogP contribution in [-0.2, 0) is 6.54 Å². The Morgan fingerprint density at radius 3 is 2.92 bits per heavy atom. The van der Waals surface area contributed by atoms with Gasteiger partial charge in [-0.1, -0.05) is 17.7 Å². The van der Waals surface area contributed by atoms with Gasteiger partial charge >= 0.3 is 0 Å². The van der Waals surface area contributed by atoms with Crippen LogP contribution in [0, 0.1) is 5.82 Å².